The van der Waals surface area contributed by atoms with E-state index in [-0.39, 0.29) is 30.3 Å². The summed E-state index contributed by atoms with van der Waals surface area (Å²) in [6, 6.07) is 24.3. The predicted molar refractivity (Wildman–Crippen MR) is 145 cm³/mol. The summed E-state index contributed by atoms with van der Waals surface area (Å²) in [4.78, 5) is 28.9. The molecule has 5 aromatic rings. The number of carbonyl (C=O) groups is 2. The van der Waals surface area contributed by atoms with E-state index >= 15 is 0 Å². The quantitative estimate of drug-likeness (QED) is 0.244. The first kappa shape index (κ1) is 25.5. The molecule has 0 aliphatic carbocycles. The van der Waals surface area contributed by atoms with Crippen LogP contribution in [0, 0.1) is 6.92 Å². The summed E-state index contributed by atoms with van der Waals surface area (Å²) < 4.78 is 18.8. The third-order valence-corrected chi connectivity index (χ3v) is 6.02. The molecule has 3 aromatic carbocycles. The number of nitrogens with one attached hydrogen (secondary N) is 1. The number of aryl methyl sites for hydroxylation is 1. The van der Waals surface area contributed by atoms with E-state index in [1.165, 1.54) is 7.11 Å². The molecule has 0 atom stereocenters. The lowest BCUT2D eigenvalue weighted by molar-refractivity contribution is -0.115. The number of hydrogen-bond donors (Lipinski definition) is 1. The fourth-order valence-electron chi connectivity index (χ4n) is 4.00. The molecule has 0 saturated heterocycles. The summed E-state index contributed by atoms with van der Waals surface area (Å²) in [5, 5.41) is 7.09. The highest BCUT2D eigenvalue weighted by Crippen LogP contribution is 2.30. The zero-order valence-corrected chi connectivity index (χ0v) is 21.5. The Kier molecular flexibility index (Phi) is 7.49. The number of methoxy groups -OCH3 is 1. The van der Waals surface area contributed by atoms with Gasteiger partial charge in [0.05, 0.1) is 24.8 Å². The average Bonchev–Trinajstić information content (AvgIpc) is 3.55. The van der Waals surface area contributed by atoms with Gasteiger partial charge in [-0.25, -0.2) is 9.67 Å². The predicted octanol–water partition coefficient (Wildman–Crippen LogP) is 5.42. The van der Waals surface area contributed by atoms with Gasteiger partial charge in [0.15, 0.2) is 23.6 Å². The molecular weight excluding hydrogens is 496 g/mol. The maximum Gasteiger partial charge on any atom is 0.230 e. The fraction of sp³-hybridized carbons (Fsp3) is 0.133. The number of ether oxygens (including phenoxy) is 2. The molecule has 0 radical (unpaired) electrons. The minimum atomic E-state index is -0.321. The van der Waals surface area contributed by atoms with E-state index in [0.29, 0.717) is 40.7 Å². The molecule has 0 aliphatic rings. The van der Waals surface area contributed by atoms with E-state index in [1.54, 1.807) is 29.1 Å². The molecule has 39 heavy (non-hydrogen) atoms. The standard InChI is InChI=1S/C30H26N4O5/c1-20-25(31-30(39-20)22-9-5-3-6-10-22)19-38-26-14-13-21(15-27(26)37-2)16-28(36)32-29-23(18-35)17-34(33-29)24-11-7-4-8-12-24/h3-15,17-18H,16,19H2,1-2H3,(H,32,33,36). The van der Waals surface area contributed by atoms with Crippen LogP contribution in [0.25, 0.3) is 17.1 Å². The van der Waals surface area contributed by atoms with Crippen molar-refractivity contribution in [3.63, 3.8) is 0 Å². The number of hydrogen-bond acceptors (Lipinski definition) is 7. The molecule has 0 fully saturated rings. The molecular formula is C30H26N4O5. The van der Waals surface area contributed by atoms with Crippen molar-refractivity contribution in [3.05, 3.63) is 108 Å². The van der Waals surface area contributed by atoms with Crippen LogP contribution >= 0.6 is 0 Å². The van der Waals surface area contributed by atoms with E-state index in [1.807, 2.05) is 67.6 Å². The highest BCUT2D eigenvalue weighted by molar-refractivity contribution is 5.96. The monoisotopic (exact) mass is 522 g/mol. The number of para-hydroxylation sites is 1. The van der Waals surface area contributed by atoms with Crippen molar-refractivity contribution in [3.8, 4) is 28.6 Å². The fourth-order valence-corrected chi connectivity index (χ4v) is 4.00. The van der Waals surface area contributed by atoms with Crippen molar-refractivity contribution in [1.29, 1.82) is 0 Å². The molecule has 9 heteroatoms. The Morgan fingerprint density at radius 1 is 1.03 bits per heavy atom. The zero-order valence-electron chi connectivity index (χ0n) is 21.5. The van der Waals surface area contributed by atoms with Crippen molar-refractivity contribution >= 4 is 18.0 Å². The van der Waals surface area contributed by atoms with Crippen LogP contribution in [0.4, 0.5) is 5.82 Å². The summed E-state index contributed by atoms with van der Waals surface area (Å²) in [5.74, 6) is 2.07. The van der Waals surface area contributed by atoms with E-state index in [4.69, 9.17) is 13.9 Å². The number of anilines is 1. The van der Waals surface area contributed by atoms with Crippen molar-refractivity contribution in [2.45, 2.75) is 20.0 Å². The number of aldehydes is 1. The summed E-state index contributed by atoms with van der Waals surface area (Å²) in [7, 11) is 1.54. The molecule has 1 N–H and O–H groups in total. The maximum absolute atomic E-state index is 12.8. The van der Waals surface area contributed by atoms with Crippen molar-refractivity contribution < 1.29 is 23.5 Å². The Morgan fingerprint density at radius 2 is 1.77 bits per heavy atom. The number of oxazole rings is 1. The second-order valence-electron chi connectivity index (χ2n) is 8.72. The van der Waals surface area contributed by atoms with Crippen LogP contribution in [0.3, 0.4) is 0 Å². The Bertz CT molecular complexity index is 1590. The highest BCUT2D eigenvalue weighted by atomic mass is 16.5. The van der Waals surface area contributed by atoms with Crippen LogP contribution in [-0.4, -0.2) is 34.1 Å². The molecule has 0 saturated carbocycles. The molecule has 5 rings (SSSR count). The van der Waals surface area contributed by atoms with Gasteiger partial charge >= 0.3 is 0 Å². The van der Waals surface area contributed by atoms with Crippen molar-refractivity contribution in [2.24, 2.45) is 0 Å². The second kappa shape index (κ2) is 11.5. The molecule has 2 heterocycles. The van der Waals surface area contributed by atoms with Gasteiger partial charge in [-0.3, -0.25) is 9.59 Å². The van der Waals surface area contributed by atoms with Crippen LogP contribution in [0.2, 0.25) is 0 Å². The number of nitrogens with zero attached hydrogens (tertiary/aromatic N) is 3. The Morgan fingerprint density at radius 3 is 2.49 bits per heavy atom. The Hall–Kier alpha value is -5.18. The normalized spacial score (nSPS) is 10.7. The first-order valence-corrected chi connectivity index (χ1v) is 12.3. The third kappa shape index (κ3) is 5.88. The molecule has 196 valence electrons. The minimum absolute atomic E-state index is 0.0516. The minimum Gasteiger partial charge on any atom is -0.493 e. The molecule has 1 amide bonds. The number of benzene rings is 3. The molecule has 0 aliphatic heterocycles. The molecule has 0 spiro atoms. The maximum atomic E-state index is 12.8. The average molecular weight is 523 g/mol. The summed E-state index contributed by atoms with van der Waals surface area (Å²) in [6.07, 6.45) is 2.29. The van der Waals surface area contributed by atoms with Crippen LogP contribution in [-0.2, 0) is 17.8 Å². The van der Waals surface area contributed by atoms with Gasteiger partial charge in [0, 0.05) is 11.8 Å². The van der Waals surface area contributed by atoms with Gasteiger partial charge in [0.2, 0.25) is 11.8 Å². The van der Waals surface area contributed by atoms with Gasteiger partial charge in [0.25, 0.3) is 0 Å². The van der Waals surface area contributed by atoms with Crippen LogP contribution in [0.5, 0.6) is 11.5 Å². The topological polar surface area (TPSA) is 108 Å². The molecule has 2 aromatic heterocycles. The highest BCUT2D eigenvalue weighted by Gasteiger charge is 2.16. The van der Waals surface area contributed by atoms with Crippen molar-refractivity contribution in [2.75, 3.05) is 12.4 Å². The van der Waals surface area contributed by atoms with Crippen LogP contribution in [0.1, 0.15) is 27.4 Å². The van der Waals surface area contributed by atoms with Crippen LogP contribution in [0.15, 0.2) is 89.5 Å². The van der Waals surface area contributed by atoms with Crippen molar-refractivity contribution in [1.82, 2.24) is 14.8 Å². The van der Waals surface area contributed by atoms with Gasteiger partial charge in [0.1, 0.15) is 18.1 Å². The lowest BCUT2D eigenvalue weighted by Gasteiger charge is -2.12. The summed E-state index contributed by atoms with van der Waals surface area (Å²) in [6.45, 7) is 2.03. The smallest absolute Gasteiger partial charge is 0.230 e. The SMILES string of the molecule is COc1cc(CC(=O)Nc2nn(-c3ccccc3)cc2C=O)ccc1OCc1nc(-c2ccccc2)oc1C. The molecule has 0 bridgehead atoms. The first-order valence-electron chi connectivity index (χ1n) is 12.3. The van der Waals surface area contributed by atoms with Crippen LogP contribution < -0.4 is 14.8 Å². The van der Waals surface area contributed by atoms with Gasteiger partial charge in [-0.05, 0) is 48.9 Å². The summed E-state index contributed by atoms with van der Waals surface area (Å²) in [5.41, 5.74) is 3.33. The first-order chi connectivity index (χ1) is 19.0. The van der Waals surface area contributed by atoms with Gasteiger partial charge < -0.3 is 19.2 Å². The Labute approximate surface area is 225 Å². The zero-order chi connectivity index (χ0) is 27.2. The summed E-state index contributed by atoms with van der Waals surface area (Å²) >= 11 is 0. The van der Waals surface area contributed by atoms with E-state index in [2.05, 4.69) is 15.4 Å². The second-order valence-corrected chi connectivity index (χ2v) is 8.72. The van der Waals surface area contributed by atoms with E-state index < -0.39 is 0 Å². The lowest BCUT2D eigenvalue weighted by atomic mass is 10.1. The number of carbonyl (C=O) groups excluding carboxylic acids is 2. The van der Waals surface area contributed by atoms with E-state index in [9.17, 15) is 9.59 Å². The number of aromatic nitrogens is 3. The Balaban J connectivity index is 1.24. The lowest BCUT2D eigenvalue weighted by Crippen LogP contribution is -2.16. The number of amides is 1. The number of rotatable bonds is 10. The van der Waals surface area contributed by atoms with E-state index in [0.717, 1.165) is 11.3 Å². The molecule has 0 unspecified atom stereocenters. The molecule has 9 nitrogen and oxygen atoms in total. The van der Waals surface area contributed by atoms with Gasteiger partial charge in [-0.15, -0.1) is 5.10 Å². The largest absolute Gasteiger partial charge is 0.493 e. The third-order valence-electron chi connectivity index (χ3n) is 6.02. The van der Waals surface area contributed by atoms with Gasteiger partial charge in [-0.1, -0.05) is 42.5 Å². The van der Waals surface area contributed by atoms with Gasteiger partial charge in [-0.2, -0.15) is 0 Å².